The van der Waals surface area contributed by atoms with Crippen molar-refractivity contribution in [2.24, 2.45) is 5.92 Å². The van der Waals surface area contributed by atoms with Gasteiger partial charge in [0.25, 0.3) is 5.56 Å². The Morgan fingerprint density at radius 2 is 2.38 bits per heavy atom. The Morgan fingerprint density at radius 1 is 1.69 bits per heavy atom. The van der Waals surface area contributed by atoms with E-state index in [9.17, 15) is 9.59 Å². The number of aromatic amines is 1. The van der Waals surface area contributed by atoms with Gasteiger partial charge in [-0.2, -0.15) is 0 Å². The van der Waals surface area contributed by atoms with Gasteiger partial charge in [0.1, 0.15) is 0 Å². The van der Waals surface area contributed by atoms with Crippen LogP contribution in [0.1, 0.15) is 12.6 Å². The van der Waals surface area contributed by atoms with Crippen molar-refractivity contribution in [2.45, 2.75) is 19.0 Å². The Morgan fingerprint density at radius 3 is 2.94 bits per heavy atom. The van der Waals surface area contributed by atoms with E-state index in [0.717, 1.165) is 0 Å². The fraction of sp³-hybridized carbons (Fsp3) is 0.500. The van der Waals surface area contributed by atoms with Crippen LogP contribution in [-0.4, -0.2) is 28.8 Å². The first kappa shape index (κ1) is 12.8. The molecule has 1 aromatic heterocycles. The lowest BCUT2D eigenvalue weighted by Crippen LogP contribution is -2.16. The number of ether oxygens (including phenoxy) is 1. The maximum absolute atomic E-state index is 11.1. The molecule has 88 valence electrons. The Kier molecular flexibility index (Phi) is 4.54. The summed E-state index contributed by atoms with van der Waals surface area (Å²) < 4.78 is 4.60. The predicted molar refractivity (Wildman–Crippen MR) is 61.5 cm³/mol. The molecular formula is C10H14N2O3S. The summed E-state index contributed by atoms with van der Waals surface area (Å²) in [6.45, 7) is 3.52. The van der Waals surface area contributed by atoms with Gasteiger partial charge in [-0.25, -0.2) is 4.98 Å². The number of esters is 1. The summed E-state index contributed by atoms with van der Waals surface area (Å²) in [6.07, 6.45) is 0. The van der Waals surface area contributed by atoms with Gasteiger partial charge in [-0.1, -0.05) is 18.7 Å². The summed E-state index contributed by atoms with van der Waals surface area (Å²) in [5.74, 6) is 0.0438. The van der Waals surface area contributed by atoms with Crippen LogP contribution >= 0.6 is 11.8 Å². The summed E-state index contributed by atoms with van der Waals surface area (Å²) in [4.78, 5) is 29.0. The van der Waals surface area contributed by atoms with E-state index in [1.807, 2.05) is 0 Å². The minimum atomic E-state index is -0.262. The number of hydrogen-bond acceptors (Lipinski definition) is 5. The number of carbonyl (C=O) groups excluding carboxylic acids is 1. The van der Waals surface area contributed by atoms with Crippen LogP contribution < -0.4 is 5.56 Å². The SMILES string of the molecule is COC(=O)C(C)CSc1nc(C)cc(=O)[nH]1. The second kappa shape index (κ2) is 5.69. The maximum atomic E-state index is 11.1. The number of aryl methyl sites for hydroxylation is 1. The van der Waals surface area contributed by atoms with Crippen LogP contribution in [0, 0.1) is 12.8 Å². The van der Waals surface area contributed by atoms with Crippen molar-refractivity contribution < 1.29 is 9.53 Å². The van der Waals surface area contributed by atoms with E-state index in [1.165, 1.54) is 24.9 Å². The van der Waals surface area contributed by atoms with Crippen molar-refractivity contribution in [3.63, 3.8) is 0 Å². The van der Waals surface area contributed by atoms with Gasteiger partial charge in [0, 0.05) is 17.5 Å². The smallest absolute Gasteiger partial charge is 0.309 e. The number of nitrogens with zero attached hydrogens (tertiary/aromatic N) is 1. The number of aromatic nitrogens is 2. The van der Waals surface area contributed by atoms with Crippen LogP contribution in [-0.2, 0) is 9.53 Å². The number of nitrogens with one attached hydrogen (secondary N) is 1. The third-order valence-corrected chi connectivity index (χ3v) is 3.06. The molecule has 16 heavy (non-hydrogen) atoms. The molecule has 0 aromatic carbocycles. The number of hydrogen-bond donors (Lipinski definition) is 1. The van der Waals surface area contributed by atoms with Crippen LogP contribution in [0.3, 0.4) is 0 Å². The van der Waals surface area contributed by atoms with Gasteiger partial charge in [0.2, 0.25) is 0 Å². The predicted octanol–water partition coefficient (Wildman–Crippen LogP) is 0.980. The van der Waals surface area contributed by atoms with E-state index >= 15 is 0 Å². The lowest BCUT2D eigenvalue weighted by Gasteiger charge is -2.07. The standard InChI is InChI=1S/C10H14N2O3S/c1-6(9(14)15-3)5-16-10-11-7(2)4-8(13)12-10/h4,6H,5H2,1-3H3,(H,11,12,13). The minimum absolute atomic E-state index is 0.180. The molecule has 0 fully saturated rings. The summed E-state index contributed by atoms with van der Waals surface area (Å²) >= 11 is 1.33. The van der Waals surface area contributed by atoms with Crippen LogP contribution in [0.15, 0.2) is 16.0 Å². The highest BCUT2D eigenvalue weighted by Crippen LogP contribution is 2.16. The highest BCUT2D eigenvalue weighted by molar-refractivity contribution is 7.99. The van der Waals surface area contributed by atoms with Gasteiger partial charge in [0.15, 0.2) is 5.16 Å². The van der Waals surface area contributed by atoms with Gasteiger partial charge in [-0.3, -0.25) is 9.59 Å². The van der Waals surface area contributed by atoms with Crippen LogP contribution in [0.4, 0.5) is 0 Å². The second-order valence-corrected chi connectivity index (χ2v) is 4.44. The molecule has 0 aliphatic carbocycles. The normalized spacial score (nSPS) is 12.2. The Labute approximate surface area is 97.6 Å². The molecule has 0 saturated heterocycles. The average molecular weight is 242 g/mol. The van der Waals surface area contributed by atoms with E-state index in [-0.39, 0.29) is 17.4 Å². The fourth-order valence-corrected chi connectivity index (χ4v) is 2.02. The lowest BCUT2D eigenvalue weighted by molar-refractivity contribution is -0.143. The summed E-state index contributed by atoms with van der Waals surface area (Å²) in [7, 11) is 1.36. The van der Waals surface area contributed by atoms with Crippen LogP contribution in [0.5, 0.6) is 0 Å². The van der Waals surface area contributed by atoms with E-state index < -0.39 is 0 Å². The molecule has 6 heteroatoms. The Hall–Kier alpha value is -1.30. The molecule has 0 aliphatic heterocycles. The molecular weight excluding hydrogens is 228 g/mol. The van der Waals surface area contributed by atoms with Crippen molar-refractivity contribution in [3.8, 4) is 0 Å². The zero-order valence-electron chi connectivity index (χ0n) is 9.44. The summed E-state index contributed by atoms with van der Waals surface area (Å²) in [5, 5.41) is 0.528. The van der Waals surface area contributed by atoms with E-state index in [0.29, 0.717) is 16.6 Å². The van der Waals surface area contributed by atoms with Gasteiger partial charge in [0.05, 0.1) is 13.0 Å². The summed E-state index contributed by atoms with van der Waals surface area (Å²) in [6, 6.07) is 1.42. The number of carbonyl (C=O) groups is 1. The first-order chi connectivity index (χ1) is 7.52. The van der Waals surface area contributed by atoms with Crippen LogP contribution in [0.25, 0.3) is 0 Å². The first-order valence-corrected chi connectivity index (χ1v) is 5.80. The van der Waals surface area contributed by atoms with Gasteiger partial charge >= 0.3 is 5.97 Å². The Bertz CT molecular complexity index is 430. The minimum Gasteiger partial charge on any atom is -0.469 e. The van der Waals surface area contributed by atoms with E-state index in [2.05, 4.69) is 14.7 Å². The second-order valence-electron chi connectivity index (χ2n) is 3.43. The molecule has 0 radical (unpaired) electrons. The third-order valence-electron chi connectivity index (χ3n) is 1.92. The number of methoxy groups -OCH3 is 1. The van der Waals surface area contributed by atoms with E-state index in [1.54, 1.807) is 13.8 Å². The zero-order valence-corrected chi connectivity index (χ0v) is 10.3. The van der Waals surface area contributed by atoms with Crippen molar-refractivity contribution >= 4 is 17.7 Å². The molecule has 1 N–H and O–H groups in total. The van der Waals surface area contributed by atoms with Gasteiger partial charge in [-0.15, -0.1) is 0 Å². The quantitative estimate of drug-likeness (QED) is 0.484. The fourth-order valence-electron chi connectivity index (χ4n) is 1.09. The molecule has 5 nitrogen and oxygen atoms in total. The molecule has 0 aliphatic rings. The zero-order chi connectivity index (χ0) is 12.1. The summed E-state index contributed by atoms with van der Waals surface area (Å²) in [5.41, 5.74) is 0.484. The molecule has 0 amide bonds. The molecule has 0 saturated carbocycles. The molecule has 1 heterocycles. The monoisotopic (exact) mass is 242 g/mol. The average Bonchev–Trinajstić information content (AvgIpc) is 2.23. The number of H-pyrrole nitrogens is 1. The largest absolute Gasteiger partial charge is 0.469 e. The van der Waals surface area contributed by atoms with Crippen LogP contribution in [0.2, 0.25) is 0 Å². The molecule has 1 atom stereocenters. The maximum Gasteiger partial charge on any atom is 0.309 e. The van der Waals surface area contributed by atoms with Crippen molar-refractivity contribution in [2.75, 3.05) is 12.9 Å². The van der Waals surface area contributed by atoms with Crippen molar-refractivity contribution in [1.29, 1.82) is 0 Å². The van der Waals surface area contributed by atoms with Gasteiger partial charge < -0.3 is 9.72 Å². The molecule has 0 spiro atoms. The molecule has 1 aromatic rings. The Balaban J connectivity index is 2.61. The topological polar surface area (TPSA) is 72.0 Å². The lowest BCUT2D eigenvalue weighted by atomic mass is 10.2. The molecule has 1 rings (SSSR count). The first-order valence-electron chi connectivity index (χ1n) is 4.81. The molecule has 1 unspecified atom stereocenters. The highest BCUT2D eigenvalue weighted by Gasteiger charge is 2.13. The number of thioether (sulfide) groups is 1. The van der Waals surface area contributed by atoms with E-state index in [4.69, 9.17) is 0 Å². The highest BCUT2D eigenvalue weighted by atomic mass is 32.2. The van der Waals surface area contributed by atoms with Crippen molar-refractivity contribution in [1.82, 2.24) is 9.97 Å². The number of rotatable bonds is 4. The van der Waals surface area contributed by atoms with Crippen molar-refractivity contribution in [3.05, 3.63) is 22.1 Å². The third kappa shape index (κ3) is 3.69. The molecule has 0 bridgehead atoms. The van der Waals surface area contributed by atoms with Gasteiger partial charge in [-0.05, 0) is 6.92 Å².